The Hall–Kier alpha value is -1.88. The Morgan fingerprint density at radius 3 is 2.77 bits per heavy atom. The monoisotopic (exact) mass is 370 g/mol. The average Bonchev–Trinajstić information content (AvgIpc) is 2.98. The summed E-state index contributed by atoms with van der Waals surface area (Å²) in [4.78, 5) is 0. The van der Waals surface area contributed by atoms with Crippen molar-refractivity contribution in [3.8, 4) is 0 Å². The number of nitrogens with zero attached hydrogens (tertiary/aromatic N) is 2. The number of hydrogen-bond donors (Lipinski definition) is 2. The third kappa shape index (κ3) is 2.92. The maximum absolute atomic E-state index is 10.7. The zero-order valence-corrected chi connectivity index (χ0v) is 15.7. The van der Waals surface area contributed by atoms with Crippen molar-refractivity contribution in [2.24, 2.45) is 0 Å². The van der Waals surface area contributed by atoms with Crippen molar-refractivity contribution in [1.82, 2.24) is 9.78 Å². The van der Waals surface area contributed by atoms with Crippen LogP contribution in [-0.2, 0) is 6.42 Å². The lowest BCUT2D eigenvalue weighted by Gasteiger charge is -2.27. The van der Waals surface area contributed by atoms with E-state index >= 15 is 0 Å². The molecule has 0 aliphatic heterocycles. The Morgan fingerprint density at radius 2 is 2.00 bits per heavy atom. The summed E-state index contributed by atoms with van der Waals surface area (Å²) in [5.74, 6) is 0. The van der Waals surface area contributed by atoms with Crippen molar-refractivity contribution in [1.29, 1.82) is 0 Å². The van der Waals surface area contributed by atoms with Crippen molar-refractivity contribution in [2.45, 2.75) is 50.9 Å². The molecule has 2 N–H and O–H groups in total. The van der Waals surface area contributed by atoms with E-state index in [-0.39, 0.29) is 6.04 Å². The van der Waals surface area contributed by atoms with Crippen molar-refractivity contribution < 1.29 is 10.2 Å². The van der Waals surface area contributed by atoms with Crippen LogP contribution in [0.15, 0.2) is 42.5 Å². The van der Waals surface area contributed by atoms with Crippen LogP contribution in [0.25, 0.3) is 10.9 Å². The highest BCUT2D eigenvalue weighted by atomic mass is 35.5. The van der Waals surface area contributed by atoms with E-state index in [2.05, 4.69) is 24.3 Å². The zero-order chi connectivity index (χ0) is 18.5. The quantitative estimate of drug-likeness (QED) is 0.717. The molecule has 0 radical (unpaired) electrons. The molecule has 4 rings (SSSR count). The van der Waals surface area contributed by atoms with Crippen LogP contribution in [-0.4, -0.2) is 25.6 Å². The fourth-order valence-electron chi connectivity index (χ4n) is 3.89. The smallest absolute Gasteiger partial charge is 0.126 e. The summed E-state index contributed by atoms with van der Waals surface area (Å²) in [7, 11) is 0. The molecule has 1 aliphatic carbocycles. The molecule has 0 amide bonds. The van der Waals surface area contributed by atoms with Gasteiger partial charge in [0.25, 0.3) is 0 Å². The second kappa shape index (κ2) is 6.38. The van der Waals surface area contributed by atoms with E-state index in [4.69, 9.17) is 16.7 Å². The molecule has 2 unspecified atom stereocenters. The summed E-state index contributed by atoms with van der Waals surface area (Å²) in [6, 6.07) is 14.2. The van der Waals surface area contributed by atoms with Gasteiger partial charge in [-0.2, -0.15) is 5.10 Å². The van der Waals surface area contributed by atoms with Gasteiger partial charge in [0.15, 0.2) is 0 Å². The highest BCUT2D eigenvalue weighted by molar-refractivity contribution is 6.31. The van der Waals surface area contributed by atoms with Crippen LogP contribution in [0.5, 0.6) is 0 Å². The second-order valence-electron chi connectivity index (χ2n) is 7.65. The fraction of sp³-hybridized carbons (Fsp3) is 0.381. The molecule has 0 fully saturated rings. The zero-order valence-electron chi connectivity index (χ0n) is 15.0. The molecule has 3 aromatic rings. The number of rotatable bonds is 3. The summed E-state index contributed by atoms with van der Waals surface area (Å²) in [5.41, 5.74) is 2.74. The molecule has 4 nitrogen and oxygen atoms in total. The van der Waals surface area contributed by atoms with Crippen LogP contribution in [0.3, 0.4) is 0 Å². The normalized spacial score (nSPS) is 18.7. The topological polar surface area (TPSA) is 58.3 Å². The SMILES string of the molecule is CC(C)(O)C(O)c1nn(C2CCCc3ccccc32)c2ccc(Cl)cc12. The third-order valence-electron chi connectivity index (χ3n) is 5.26. The van der Waals surface area contributed by atoms with Crippen LogP contribution in [0.2, 0.25) is 5.02 Å². The van der Waals surface area contributed by atoms with Crippen molar-refractivity contribution in [2.75, 3.05) is 0 Å². The Kier molecular flexibility index (Phi) is 4.30. The van der Waals surface area contributed by atoms with Crippen molar-refractivity contribution in [3.63, 3.8) is 0 Å². The van der Waals surface area contributed by atoms with Gasteiger partial charge in [-0.15, -0.1) is 0 Å². The summed E-state index contributed by atoms with van der Waals surface area (Å²) in [5, 5.41) is 27.1. The molecule has 2 atom stereocenters. The molecule has 26 heavy (non-hydrogen) atoms. The average molecular weight is 371 g/mol. The van der Waals surface area contributed by atoms with E-state index in [1.165, 1.54) is 11.1 Å². The molecule has 0 saturated carbocycles. The van der Waals surface area contributed by atoms with E-state index in [0.717, 1.165) is 30.2 Å². The Bertz CT molecular complexity index is 958. The summed E-state index contributed by atoms with van der Waals surface area (Å²) in [6.45, 7) is 3.17. The van der Waals surface area contributed by atoms with Gasteiger partial charge in [0, 0.05) is 10.4 Å². The molecule has 0 bridgehead atoms. The van der Waals surface area contributed by atoms with Gasteiger partial charge in [0.1, 0.15) is 11.8 Å². The van der Waals surface area contributed by atoms with Gasteiger partial charge in [0.05, 0.1) is 17.2 Å². The molecule has 0 spiro atoms. The lowest BCUT2D eigenvalue weighted by atomic mass is 9.88. The van der Waals surface area contributed by atoms with Gasteiger partial charge >= 0.3 is 0 Å². The lowest BCUT2D eigenvalue weighted by Crippen LogP contribution is -2.29. The lowest BCUT2D eigenvalue weighted by molar-refractivity contribution is -0.0513. The summed E-state index contributed by atoms with van der Waals surface area (Å²) in [6.07, 6.45) is 2.08. The first-order valence-electron chi connectivity index (χ1n) is 9.02. The number of aliphatic hydroxyl groups is 2. The maximum atomic E-state index is 10.7. The molecule has 0 saturated heterocycles. The van der Waals surface area contributed by atoms with Gasteiger partial charge in [-0.1, -0.05) is 35.9 Å². The number of aryl methyl sites for hydroxylation is 1. The van der Waals surface area contributed by atoms with E-state index in [1.807, 2.05) is 22.9 Å². The number of halogens is 1. The van der Waals surface area contributed by atoms with E-state index in [9.17, 15) is 10.2 Å². The van der Waals surface area contributed by atoms with Crippen LogP contribution in [0, 0.1) is 0 Å². The van der Waals surface area contributed by atoms with Crippen molar-refractivity contribution >= 4 is 22.5 Å². The van der Waals surface area contributed by atoms with Crippen LogP contribution in [0.4, 0.5) is 0 Å². The van der Waals surface area contributed by atoms with Gasteiger partial charge in [-0.3, -0.25) is 4.68 Å². The second-order valence-corrected chi connectivity index (χ2v) is 8.09. The minimum Gasteiger partial charge on any atom is -0.387 e. The first-order valence-corrected chi connectivity index (χ1v) is 9.40. The summed E-state index contributed by atoms with van der Waals surface area (Å²) >= 11 is 6.20. The Balaban J connectivity index is 1.92. The van der Waals surface area contributed by atoms with E-state index in [0.29, 0.717) is 10.7 Å². The van der Waals surface area contributed by atoms with Crippen LogP contribution >= 0.6 is 11.6 Å². The highest BCUT2D eigenvalue weighted by Crippen LogP contribution is 2.38. The molecular weight excluding hydrogens is 348 g/mol. The Labute approximate surface area is 158 Å². The van der Waals surface area contributed by atoms with Crippen molar-refractivity contribution in [3.05, 3.63) is 64.3 Å². The van der Waals surface area contributed by atoms with E-state index in [1.54, 1.807) is 13.8 Å². The number of benzene rings is 2. The minimum absolute atomic E-state index is 0.117. The van der Waals surface area contributed by atoms with Gasteiger partial charge < -0.3 is 10.2 Å². The molecular formula is C21H23ClN2O2. The molecule has 1 aromatic heterocycles. The third-order valence-corrected chi connectivity index (χ3v) is 5.49. The minimum atomic E-state index is -1.29. The number of fused-ring (bicyclic) bond motifs is 2. The Morgan fingerprint density at radius 1 is 1.23 bits per heavy atom. The fourth-order valence-corrected chi connectivity index (χ4v) is 4.07. The maximum Gasteiger partial charge on any atom is 0.126 e. The van der Waals surface area contributed by atoms with Gasteiger partial charge in [-0.05, 0) is 62.4 Å². The molecule has 1 aliphatic rings. The largest absolute Gasteiger partial charge is 0.387 e. The summed E-state index contributed by atoms with van der Waals surface area (Å²) < 4.78 is 1.99. The number of aromatic nitrogens is 2. The number of aliphatic hydroxyl groups excluding tert-OH is 1. The molecule has 5 heteroatoms. The predicted octanol–water partition coefficient (Wildman–Crippen LogP) is 4.42. The molecule has 136 valence electrons. The van der Waals surface area contributed by atoms with Gasteiger partial charge in [0.2, 0.25) is 0 Å². The van der Waals surface area contributed by atoms with Gasteiger partial charge in [-0.25, -0.2) is 0 Å². The standard InChI is InChI=1S/C21H23ClN2O2/c1-21(2,26)20(25)19-16-12-14(22)10-11-18(16)24(23-19)17-9-5-7-13-6-3-4-8-15(13)17/h3-4,6,8,10-12,17,20,25-26H,5,7,9H2,1-2H3. The first kappa shape index (κ1) is 17.5. The van der Waals surface area contributed by atoms with E-state index < -0.39 is 11.7 Å². The molecule has 2 aromatic carbocycles. The number of hydrogen-bond acceptors (Lipinski definition) is 3. The highest BCUT2D eigenvalue weighted by Gasteiger charge is 2.32. The molecule has 1 heterocycles. The predicted molar refractivity (Wildman–Crippen MR) is 104 cm³/mol. The van der Waals surface area contributed by atoms with Crippen LogP contribution < -0.4 is 0 Å². The first-order chi connectivity index (χ1) is 12.4. The van der Waals surface area contributed by atoms with Crippen LogP contribution in [0.1, 0.15) is 55.7 Å².